The lowest BCUT2D eigenvalue weighted by atomic mass is 10.2. The van der Waals surface area contributed by atoms with Gasteiger partial charge in [-0.2, -0.15) is 23.3 Å². The molecule has 1 heterocycles. The summed E-state index contributed by atoms with van der Waals surface area (Å²) in [5, 5.41) is 13.4. The van der Waals surface area contributed by atoms with Crippen LogP contribution in [0.15, 0.2) is 24.4 Å². The average molecular weight is 375 g/mol. The van der Waals surface area contributed by atoms with Crippen LogP contribution in [0.2, 0.25) is 5.02 Å². The standard InChI is InChI=1S/C15H18ClF3N6/c1-25(2)7-3-6-20-13-9-21-24-14(23-13)22-12-8-10(15(17,18)19)4-5-11(12)16/h4-5,8-9H,3,6-7H2,1-2H3,(H2,20,22,23,24). The molecule has 136 valence electrons. The fourth-order valence-corrected chi connectivity index (χ4v) is 2.14. The second-order valence-electron chi connectivity index (χ2n) is 5.57. The van der Waals surface area contributed by atoms with Gasteiger partial charge in [0.05, 0.1) is 22.5 Å². The molecule has 1 aromatic heterocycles. The summed E-state index contributed by atoms with van der Waals surface area (Å²) < 4.78 is 38.4. The van der Waals surface area contributed by atoms with Gasteiger partial charge in [-0.1, -0.05) is 11.6 Å². The first-order chi connectivity index (χ1) is 11.8. The van der Waals surface area contributed by atoms with Crippen LogP contribution in [-0.4, -0.2) is 47.3 Å². The molecule has 0 unspecified atom stereocenters. The molecule has 2 rings (SSSR count). The van der Waals surface area contributed by atoms with Crippen molar-refractivity contribution in [3.63, 3.8) is 0 Å². The van der Waals surface area contributed by atoms with Crippen molar-refractivity contribution in [1.29, 1.82) is 0 Å². The Hall–Kier alpha value is -2.13. The molecule has 0 amide bonds. The highest BCUT2D eigenvalue weighted by molar-refractivity contribution is 6.33. The van der Waals surface area contributed by atoms with Gasteiger partial charge in [-0.15, -0.1) is 5.10 Å². The Bertz CT molecular complexity index is 708. The van der Waals surface area contributed by atoms with E-state index in [2.05, 4.69) is 30.7 Å². The molecule has 0 saturated carbocycles. The van der Waals surface area contributed by atoms with E-state index in [4.69, 9.17) is 11.6 Å². The van der Waals surface area contributed by atoms with Gasteiger partial charge in [0.15, 0.2) is 5.82 Å². The van der Waals surface area contributed by atoms with Crippen molar-refractivity contribution in [2.45, 2.75) is 12.6 Å². The number of anilines is 3. The second-order valence-corrected chi connectivity index (χ2v) is 5.97. The number of benzene rings is 1. The van der Waals surface area contributed by atoms with Crippen LogP contribution in [0.1, 0.15) is 12.0 Å². The summed E-state index contributed by atoms with van der Waals surface area (Å²) in [6, 6.07) is 2.99. The Morgan fingerprint density at radius 1 is 1.24 bits per heavy atom. The maximum atomic E-state index is 12.8. The van der Waals surface area contributed by atoms with Crippen molar-refractivity contribution in [1.82, 2.24) is 20.1 Å². The monoisotopic (exact) mass is 374 g/mol. The minimum absolute atomic E-state index is 0.0545. The molecule has 1 aromatic carbocycles. The molecule has 0 atom stereocenters. The summed E-state index contributed by atoms with van der Waals surface area (Å²) in [4.78, 5) is 6.23. The molecular weight excluding hydrogens is 357 g/mol. The van der Waals surface area contributed by atoms with Crippen LogP contribution in [0.25, 0.3) is 0 Å². The number of alkyl halides is 3. The van der Waals surface area contributed by atoms with Gasteiger partial charge in [-0.05, 0) is 45.3 Å². The van der Waals surface area contributed by atoms with Gasteiger partial charge >= 0.3 is 6.18 Å². The van der Waals surface area contributed by atoms with E-state index in [1.807, 2.05) is 14.1 Å². The zero-order valence-corrected chi connectivity index (χ0v) is 14.5. The lowest BCUT2D eigenvalue weighted by molar-refractivity contribution is -0.137. The van der Waals surface area contributed by atoms with Crippen molar-refractivity contribution in [2.75, 3.05) is 37.8 Å². The fraction of sp³-hybridized carbons (Fsp3) is 0.400. The van der Waals surface area contributed by atoms with Crippen LogP contribution in [0.3, 0.4) is 0 Å². The summed E-state index contributed by atoms with van der Waals surface area (Å²) in [5.74, 6) is 0.526. The van der Waals surface area contributed by atoms with Gasteiger partial charge in [-0.3, -0.25) is 0 Å². The molecule has 0 aliphatic carbocycles. The smallest absolute Gasteiger partial charge is 0.369 e. The van der Waals surface area contributed by atoms with Crippen LogP contribution >= 0.6 is 11.6 Å². The second kappa shape index (κ2) is 8.30. The number of nitrogens with zero attached hydrogens (tertiary/aromatic N) is 4. The van der Waals surface area contributed by atoms with Gasteiger partial charge < -0.3 is 15.5 Å². The lowest BCUT2D eigenvalue weighted by Crippen LogP contribution is -2.17. The molecular formula is C15H18ClF3N6. The molecule has 0 bridgehead atoms. The number of hydrogen-bond acceptors (Lipinski definition) is 6. The fourth-order valence-electron chi connectivity index (χ4n) is 1.97. The molecule has 0 spiro atoms. The van der Waals surface area contributed by atoms with E-state index in [1.165, 1.54) is 12.3 Å². The van der Waals surface area contributed by atoms with Gasteiger partial charge in [0.2, 0.25) is 5.95 Å². The van der Waals surface area contributed by atoms with E-state index in [-0.39, 0.29) is 16.7 Å². The summed E-state index contributed by atoms with van der Waals surface area (Å²) >= 11 is 5.94. The Morgan fingerprint density at radius 3 is 2.68 bits per heavy atom. The molecule has 0 saturated heterocycles. The van der Waals surface area contributed by atoms with Crippen LogP contribution in [-0.2, 0) is 6.18 Å². The van der Waals surface area contributed by atoms with E-state index < -0.39 is 11.7 Å². The maximum Gasteiger partial charge on any atom is 0.416 e. The highest BCUT2D eigenvalue weighted by atomic mass is 35.5. The topological polar surface area (TPSA) is 66.0 Å². The van der Waals surface area contributed by atoms with E-state index >= 15 is 0 Å². The zero-order chi connectivity index (χ0) is 18.4. The molecule has 0 radical (unpaired) electrons. The summed E-state index contributed by atoms with van der Waals surface area (Å²) in [6.45, 7) is 1.59. The van der Waals surface area contributed by atoms with Crippen LogP contribution < -0.4 is 10.6 Å². The first kappa shape index (κ1) is 19.2. The first-order valence-corrected chi connectivity index (χ1v) is 7.85. The Labute approximate surface area is 148 Å². The molecule has 0 aliphatic rings. The third-order valence-electron chi connectivity index (χ3n) is 3.19. The number of hydrogen-bond donors (Lipinski definition) is 2. The first-order valence-electron chi connectivity index (χ1n) is 7.48. The molecule has 10 heteroatoms. The van der Waals surface area contributed by atoms with Crippen molar-refractivity contribution in [2.24, 2.45) is 0 Å². The average Bonchev–Trinajstić information content (AvgIpc) is 2.53. The van der Waals surface area contributed by atoms with Gasteiger partial charge in [-0.25, -0.2) is 0 Å². The van der Waals surface area contributed by atoms with Crippen molar-refractivity contribution < 1.29 is 13.2 Å². The van der Waals surface area contributed by atoms with Gasteiger partial charge in [0, 0.05) is 6.54 Å². The number of rotatable bonds is 7. The van der Waals surface area contributed by atoms with Gasteiger partial charge in [0.1, 0.15) is 0 Å². The highest BCUT2D eigenvalue weighted by Crippen LogP contribution is 2.34. The van der Waals surface area contributed by atoms with Gasteiger partial charge in [0.25, 0.3) is 0 Å². The molecule has 0 aliphatic heterocycles. The minimum Gasteiger partial charge on any atom is -0.369 e. The third kappa shape index (κ3) is 6.02. The third-order valence-corrected chi connectivity index (χ3v) is 3.52. The van der Waals surface area contributed by atoms with Crippen molar-refractivity contribution >= 4 is 29.1 Å². The number of halogens is 4. The predicted molar refractivity (Wildman–Crippen MR) is 91.2 cm³/mol. The molecule has 25 heavy (non-hydrogen) atoms. The summed E-state index contributed by atoms with van der Waals surface area (Å²) in [6.07, 6.45) is -2.12. The highest BCUT2D eigenvalue weighted by Gasteiger charge is 2.31. The maximum absolute atomic E-state index is 12.8. The molecule has 0 fully saturated rings. The molecule has 6 nitrogen and oxygen atoms in total. The SMILES string of the molecule is CN(C)CCCNc1cnnc(Nc2cc(C(F)(F)F)ccc2Cl)n1. The Kier molecular flexibility index (Phi) is 6.38. The summed E-state index contributed by atoms with van der Waals surface area (Å²) in [5.41, 5.74) is -0.756. The van der Waals surface area contributed by atoms with E-state index in [9.17, 15) is 13.2 Å². The Morgan fingerprint density at radius 2 is 2.00 bits per heavy atom. The van der Waals surface area contributed by atoms with Crippen LogP contribution in [0.5, 0.6) is 0 Å². The molecule has 2 N–H and O–H groups in total. The predicted octanol–water partition coefficient (Wildman–Crippen LogP) is 3.65. The lowest BCUT2D eigenvalue weighted by Gasteiger charge is -2.12. The van der Waals surface area contributed by atoms with E-state index in [0.717, 1.165) is 25.1 Å². The quantitative estimate of drug-likeness (QED) is 0.721. The normalized spacial score (nSPS) is 11.6. The Balaban J connectivity index is 2.07. The van der Waals surface area contributed by atoms with Crippen molar-refractivity contribution in [3.05, 3.63) is 35.0 Å². The molecule has 2 aromatic rings. The van der Waals surface area contributed by atoms with E-state index in [0.29, 0.717) is 12.4 Å². The van der Waals surface area contributed by atoms with Crippen LogP contribution in [0, 0.1) is 0 Å². The van der Waals surface area contributed by atoms with E-state index in [1.54, 1.807) is 0 Å². The number of nitrogens with one attached hydrogen (secondary N) is 2. The minimum atomic E-state index is -4.46. The van der Waals surface area contributed by atoms with Crippen LogP contribution in [0.4, 0.5) is 30.6 Å². The summed E-state index contributed by atoms with van der Waals surface area (Å²) in [7, 11) is 3.96. The number of aromatic nitrogens is 3. The van der Waals surface area contributed by atoms with Crippen molar-refractivity contribution in [3.8, 4) is 0 Å². The largest absolute Gasteiger partial charge is 0.416 e. The zero-order valence-electron chi connectivity index (χ0n) is 13.7.